The minimum Gasteiger partial charge on any atom is -0.312 e. The lowest BCUT2D eigenvalue weighted by molar-refractivity contribution is -0.0514. The Morgan fingerprint density at radius 1 is 1.17 bits per heavy atom. The molecule has 3 N–H and O–H groups in total. The van der Waals surface area contributed by atoms with Gasteiger partial charge in [-0.1, -0.05) is 12.1 Å². The van der Waals surface area contributed by atoms with Gasteiger partial charge in [0.25, 0.3) is 5.91 Å². The summed E-state index contributed by atoms with van der Waals surface area (Å²) in [6.45, 7) is 3.78. The number of benzene rings is 1. The van der Waals surface area contributed by atoms with Crippen LogP contribution in [0.2, 0.25) is 0 Å². The molecule has 1 aromatic carbocycles. The smallest absolute Gasteiger partial charge is 0.274 e. The topological polar surface area (TPSA) is 61.4 Å². The summed E-state index contributed by atoms with van der Waals surface area (Å²) in [6.07, 6.45) is 8.59. The Morgan fingerprint density at radius 3 is 2.38 bits per heavy atom. The molecule has 0 radical (unpaired) electrons. The van der Waals surface area contributed by atoms with E-state index in [1.165, 1.54) is 38.5 Å². The van der Waals surface area contributed by atoms with E-state index in [1.807, 2.05) is 19.1 Å². The van der Waals surface area contributed by atoms with Crippen LogP contribution in [0.3, 0.4) is 0 Å². The van der Waals surface area contributed by atoms with Gasteiger partial charge in [-0.3, -0.25) is 10.0 Å². The molecule has 4 bridgehead atoms. The van der Waals surface area contributed by atoms with Crippen molar-refractivity contribution in [3.63, 3.8) is 0 Å². The Morgan fingerprint density at radius 2 is 1.79 bits per heavy atom. The number of hydroxylamine groups is 1. The molecule has 24 heavy (non-hydrogen) atoms. The van der Waals surface area contributed by atoms with E-state index in [9.17, 15) is 4.79 Å². The number of hydrogen-bond acceptors (Lipinski definition) is 3. The number of aryl methyl sites for hydroxylation is 1. The number of carbonyl (C=O) groups excluding carboxylic acids is 1. The number of carbonyl (C=O) groups is 1. The van der Waals surface area contributed by atoms with Crippen LogP contribution >= 0.6 is 0 Å². The predicted octanol–water partition coefficient (Wildman–Crippen LogP) is 3.42. The molecule has 4 heteroatoms. The van der Waals surface area contributed by atoms with Crippen LogP contribution < -0.4 is 10.8 Å². The van der Waals surface area contributed by atoms with E-state index in [-0.39, 0.29) is 0 Å². The van der Waals surface area contributed by atoms with Crippen molar-refractivity contribution < 1.29 is 10.0 Å². The first-order valence-corrected chi connectivity index (χ1v) is 9.32. The highest BCUT2D eigenvalue weighted by molar-refractivity contribution is 5.95. The Hall–Kier alpha value is -1.39. The number of amides is 1. The molecule has 4 aliphatic rings. The molecular weight excluding hydrogens is 300 g/mol. The van der Waals surface area contributed by atoms with Gasteiger partial charge >= 0.3 is 0 Å². The van der Waals surface area contributed by atoms with Gasteiger partial charge in [-0.05, 0) is 85.8 Å². The van der Waals surface area contributed by atoms with Gasteiger partial charge in [0.1, 0.15) is 0 Å². The molecule has 0 aromatic heterocycles. The van der Waals surface area contributed by atoms with Crippen LogP contribution in [-0.4, -0.2) is 17.7 Å². The largest absolute Gasteiger partial charge is 0.312 e. The van der Waals surface area contributed by atoms with Gasteiger partial charge in [0.2, 0.25) is 0 Å². The normalized spacial score (nSPS) is 33.7. The Balaban J connectivity index is 1.44. The quantitative estimate of drug-likeness (QED) is 0.573. The molecule has 130 valence electrons. The molecular formula is C20H28N2O2. The molecule has 4 fully saturated rings. The number of nitrogens with one attached hydrogen (secondary N) is 2. The molecule has 0 spiro atoms. The summed E-state index contributed by atoms with van der Waals surface area (Å²) in [5.74, 6) is 2.47. The third-order valence-corrected chi connectivity index (χ3v) is 6.72. The number of hydrogen-bond donors (Lipinski definition) is 3. The standard InChI is InChI=1S/C20H28N2O2/c1-13-3-2-4-17(19(23)22-24)18(13)11-21-12-20-8-14-5-15(9-20)7-16(6-14)10-20/h2-4,14-16,21,24H,5-12H2,1H3,(H,22,23). The monoisotopic (exact) mass is 328 g/mol. The molecule has 0 saturated heterocycles. The van der Waals surface area contributed by atoms with Gasteiger partial charge in [0.05, 0.1) is 0 Å². The lowest BCUT2D eigenvalue weighted by Gasteiger charge is -2.57. The van der Waals surface area contributed by atoms with E-state index in [1.54, 1.807) is 11.5 Å². The lowest BCUT2D eigenvalue weighted by atomic mass is 9.49. The van der Waals surface area contributed by atoms with Crippen LogP contribution in [-0.2, 0) is 6.54 Å². The minimum absolute atomic E-state index is 0.426. The highest BCUT2D eigenvalue weighted by atomic mass is 16.5. The van der Waals surface area contributed by atoms with Crippen LogP contribution in [0.15, 0.2) is 18.2 Å². The SMILES string of the molecule is Cc1cccc(C(=O)NO)c1CNCC12CC3CC(CC(C3)C1)C2. The third kappa shape index (κ3) is 2.86. The maximum atomic E-state index is 11.9. The van der Waals surface area contributed by atoms with Gasteiger partial charge in [0.15, 0.2) is 0 Å². The maximum Gasteiger partial charge on any atom is 0.274 e. The molecule has 0 unspecified atom stereocenters. The summed E-state index contributed by atoms with van der Waals surface area (Å²) in [4.78, 5) is 11.9. The van der Waals surface area contributed by atoms with E-state index in [0.717, 1.165) is 35.4 Å². The van der Waals surface area contributed by atoms with Crippen molar-refractivity contribution in [3.05, 3.63) is 34.9 Å². The first kappa shape index (κ1) is 16.1. The molecule has 0 aliphatic heterocycles. The van der Waals surface area contributed by atoms with E-state index in [4.69, 9.17) is 5.21 Å². The highest BCUT2D eigenvalue weighted by Gasteiger charge is 2.50. The van der Waals surface area contributed by atoms with E-state index in [0.29, 0.717) is 17.5 Å². The second-order valence-corrected chi connectivity index (χ2v) is 8.56. The number of rotatable bonds is 5. The van der Waals surface area contributed by atoms with Crippen molar-refractivity contribution in [1.29, 1.82) is 0 Å². The summed E-state index contributed by atoms with van der Waals surface area (Å²) in [5.41, 5.74) is 4.92. The zero-order valence-corrected chi connectivity index (χ0v) is 14.5. The van der Waals surface area contributed by atoms with Crippen molar-refractivity contribution in [2.75, 3.05) is 6.54 Å². The second kappa shape index (κ2) is 6.16. The molecule has 1 aromatic rings. The van der Waals surface area contributed by atoms with Crippen LogP contribution in [0.1, 0.15) is 60.0 Å². The van der Waals surface area contributed by atoms with Crippen LogP contribution in [0, 0.1) is 30.1 Å². The zero-order valence-electron chi connectivity index (χ0n) is 14.5. The fraction of sp³-hybridized carbons (Fsp3) is 0.650. The molecule has 4 aliphatic carbocycles. The van der Waals surface area contributed by atoms with E-state index in [2.05, 4.69) is 5.32 Å². The fourth-order valence-electron chi connectivity index (χ4n) is 6.17. The predicted molar refractivity (Wildman–Crippen MR) is 92.7 cm³/mol. The van der Waals surface area contributed by atoms with Crippen LogP contribution in [0.25, 0.3) is 0 Å². The Labute approximate surface area is 144 Å². The van der Waals surface area contributed by atoms with Crippen molar-refractivity contribution in [2.45, 2.75) is 52.0 Å². The van der Waals surface area contributed by atoms with Gasteiger partial charge in [-0.25, -0.2) is 5.48 Å². The molecule has 4 nitrogen and oxygen atoms in total. The molecule has 4 saturated carbocycles. The maximum absolute atomic E-state index is 11.9. The van der Waals surface area contributed by atoms with Crippen LogP contribution in [0.5, 0.6) is 0 Å². The summed E-state index contributed by atoms with van der Waals surface area (Å²) >= 11 is 0. The minimum atomic E-state index is -0.426. The summed E-state index contributed by atoms with van der Waals surface area (Å²) < 4.78 is 0. The fourth-order valence-corrected chi connectivity index (χ4v) is 6.17. The molecule has 0 heterocycles. The first-order valence-electron chi connectivity index (χ1n) is 9.32. The summed E-state index contributed by atoms with van der Waals surface area (Å²) in [7, 11) is 0. The summed E-state index contributed by atoms with van der Waals surface area (Å²) in [6, 6.07) is 5.67. The van der Waals surface area contributed by atoms with Gasteiger partial charge in [-0.15, -0.1) is 0 Å². The zero-order chi connectivity index (χ0) is 16.7. The Kier molecular flexibility index (Phi) is 4.13. The molecule has 5 rings (SSSR count). The van der Waals surface area contributed by atoms with Crippen molar-refractivity contribution in [2.24, 2.45) is 23.2 Å². The summed E-state index contributed by atoms with van der Waals surface area (Å²) in [5, 5.41) is 12.6. The highest BCUT2D eigenvalue weighted by Crippen LogP contribution is 2.59. The van der Waals surface area contributed by atoms with E-state index < -0.39 is 5.91 Å². The van der Waals surface area contributed by atoms with Gasteiger partial charge in [0, 0.05) is 18.7 Å². The lowest BCUT2D eigenvalue weighted by Crippen LogP contribution is -2.50. The average Bonchev–Trinajstić information content (AvgIpc) is 2.54. The van der Waals surface area contributed by atoms with E-state index >= 15 is 0 Å². The van der Waals surface area contributed by atoms with Gasteiger partial charge < -0.3 is 5.32 Å². The molecule has 0 atom stereocenters. The average molecular weight is 328 g/mol. The Bertz CT molecular complexity index is 605. The third-order valence-electron chi connectivity index (χ3n) is 6.72. The first-order chi connectivity index (χ1) is 11.6. The van der Waals surface area contributed by atoms with Crippen molar-refractivity contribution in [3.8, 4) is 0 Å². The van der Waals surface area contributed by atoms with Crippen LogP contribution in [0.4, 0.5) is 0 Å². The second-order valence-electron chi connectivity index (χ2n) is 8.56. The van der Waals surface area contributed by atoms with Crippen molar-refractivity contribution >= 4 is 5.91 Å². The van der Waals surface area contributed by atoms with Crippen molar-refractivity contribution in [1.82, 2.24) is 10.8 Å². The molecule has 1 amide bonds. The van der Waals surface area contributed by atoms with Gasteiger partial charge in [-0.2, -0.15) is 0 Å².